The van der Waals surface area contributed by atoms with Crippen LogP contribution in [-0.4, -0.2) is 19.6 Å². The van der Waals surface area contributed by atoms with Gasteiger partial charge in [0, 0.05) is 24.8 Å². The van der Waals surface area contributed by atoms with Gasteiger partial charge in [-0.1, -0.05) is 32.9 Å². The van der Waals surface area contributed by atoms with Crippen LogP contribution in [-0.2, 0) is 0 Å². The topological polar surface area (TPSA) is 15.3 Å². The van der Waals surface area contributed by atoms with Gasteiger partial charge >= 0.3 is 0 Å². The highest BCUT2D eigenvalue weighted by atomic mass is 15.1. The molecule has 0 saturated heterocycles. The van der Waals surface area contributed by atoms with Crippen LogP contribution in [0.4, 0.5) is 5.69 Å². The Morgan fingerprint density at radius 3 is 2.32 bits per heavy atom. The highest BCUT2D eigenvalue weighted by molar-refractivity contribution is 5.49. The zero-order valence-corrected chi connectivity index (χ0v) is 13.1. The normalized spacial score (nSPS) is 12.4. The van der Waals surface area contributed by atoms with E-state index in [2.05, 4.69) is 62.2 Å². The van der Waals surface area contributed by atoms with Crippen molar-refractivity contribution >= 4 is 5.69 Å². The highest BCUT2D eigenvalue weighted by Gasteiger charge is 2.08. The lowest BCUT2D eigenvalue weighted by atomic mass is 10.1. The summed E-state index contributed by atoms with van der Waals surface area (Å²) in [5.41, 5.74) is 2.76. The molecule has 0 fully saturated rings. The highest BCUT2D eigenvalue weighted by Crippen LogP contribution is 2.21. The molecule has 0 aliphatic carbocycles. The van der Waals surface area contributed by atoms with Gasteiger partial charge in [0.05, 0.1) is 0 Å². The molecule has 1 unspecified atom stereocenters. The van der Waals surface area contributed by atoms with E-state index in [0.29, 0.717) is 6.04 Å². The van der Waals surface area contributed by atoms with Crippen LogP contribution in [0, 0.1) is 0 Å². The summed E-state index contributed by atoms with van der Waals surface area (Å²) in [5, 5.41) is 3.56. The Hall–Kier alpha value is -1.02. The van der Waals surface area contributed by atoms with Crippen molar-refractivity contribution in [1.29, 1.82) is 0 Å². The van der Waals surface area contributed by atoms with Crippen LogP contribution in [0.3, 0.4) is 0 Å². The van der Waals surface area contributed by atoms with Gasteiger partial charge in [-0.15, -0.1) is 0 Å². The Labute approximate surface area is 119 Å². The van der Waals surface area contributed by atoms with E-state index in [1.54, 1.807) is 0 Å². The Balaban J connectivity index is 2.78. The van der Waals surface area contributed by atoms with Crippen molar-refractivity contribution in [3.63, 3.8) is 0 Å². The molecule has 0 spiro atoms. The summed E-state index contributed by atoms with van der Waals surface area (Å²) in [7, 11) is 0. The molecule has 2 heteroatoms. The summed E-state index contributed by atoms with van der Waals surface area (Å²) >= 11 is 0. The lowest BCUT2D eigenvalue weighted by Crippen LogP contribution is -2.25. The molecule has 1 aromatic carbocycles. The van der Waals surface area contributed by atoms with Crippen molar-refractivity contribution in [2.24, 2.45) is 0 Å². The Kier molecular flexibility index (Phi) is 7.57. The van der Waals surface area contributed by atoms with Crippen molar-refractivity contribution in [2.45, 2.75) is 53.0 Å². The lowest BCUT2D eigenvalue weighted by molar-refractivity contribution is 0.570. The van der Waals surface area contributed by atoms with Gasteiger partial charge < -0.3 is 10.2 Å². The second-order valence-corrected chi connectivity index (χ2v) is 5.26. The van der Waals surface area contributed by atoms with Gasteiger partial charge in [0.25, 0.3) is 0 Å². The van der Waals surface area contributed by atoms with E-state index in [-0.39, 0.29) is 0 Å². The molecular formula is C17H30N2. The van der Waals surface area contributed by atoms with Crippen LogP contribution in [0.25, 0.3) is 0 Å². The van der Waals surface area contributed by atoms with Gasteiger partial charge in [-0.2, -0.15) is 0 Å². The number of benzene rings is 1. The van der Waals surface area contributed by atoms with E-state index in [1.807, 2.05) is 0 Å². The van der Waals surface area contributed by atoms with E-state index in [1.165, 1.54) is 30.5 Å². The number of hydrogen-bond donors (Lipinski definition) is 1. The average molecular weight is 262 g/mol. The summed E-state index contributed by atoms with van der Waals surface area (Å²) < 4.78 is 0. The van der Waals surface area contributed by atoms with E-state index >= 15 is 0 Å². The minimum Gasteiger partial charge on any atom is -0.372 e. The molecule has 1 atom stereocenters. The molecule has 19 heavy (non-hydrogen) atoms. The fourth-order valence-electron chi connectivity index (χ4n) is 2.38. The van der Waals surface area contributed by atoms with Crippen LogP contribution >= 0.6 is 0 Å². The van der Waals surface area contributed by atoms with Crippen molar-refractivity contribution in [3.05, 3.63) is 29.8 Å². The molecule has 0 radical (unpaired) electrons. The van der Waals surface area contributed by atoms with Gasteiger partial charge in [0.1, 0.15) is 0 Å². The number of nitrogens with one attached hydrogen (secondary N) is 1. The maximum Gasteiger partial charge on any atom is 0.0369 e. The third-order valence-corrected chi connectivity index (χ3v) is 3.42. The zero-order valence-electron chi connectivity index (χ0n) is 13.1. The Morgan fingerprint density at radius 2 is 1.74 bits per heavy atom. The van der Waals surface area contributed by atoms with E-state index in [0.717, 1.165) is 19.6 Å². The molecule has 2 nitrogen and oxygen atoms in total. The van der Waals surface area contributed by atoms with Crippen LogP contribution in [0.1, 0.15) is 58.6 Å². The summed E-state index contributed by atoms with van der Waals surface area (Å²) in [4.78, 5) is 2.50. The first-order valence-electron chi connectivity index (χ1n) is 7.81. The fraction of sp³-hybridized carbons (Fsp3) is 0.647. The summed E-state index contributed by atoms with van der Waals surface area (Å²) in [6.07, 6.45) is 3.59. The minimum absolute atomic E-state index is 0.435. The fourth-order valence-corrected chi connectivity index (χ4v) is 2.38. The summed E-state index contributed by atoms with van der Waals surface area (Å²) in [6.45, 7) is 12.3. The van der Waals surface area contributed by atoms with Crippen LogP contribution < -0.4 is 10.2 Å². The Morgan fingerprint density at radius 1 is 1.05 bits per heavy atom. The first-order valence-corrected chi connectivity index (χ1v) is 7.81. The molecule has 0 aliphatic heterocycles. The standard InChI is InChI=1S/C17H30N2/c1-5-11-18-15(4)16-9-8-10-17(14-16)19(12-6-2)13-7-3/h8-10,14-15,18H,5-7,11-13H2,1-4H3. The molecule has 108 valence electrons. The number of anilines is 1. The largest absolute Gasteiger partial charge is 0.372 e. The maximum absolute atomic E-state index is 3.56. The monoisotopic (exact) mass is 262 g/mol. The third-order valence-electron chi connectivity index (χ3n) is 3.42. The summed E-state index contributed by atoms with van der Waals surface area (Å²) in [6, 6.07) is 9.44. The third kappa shape index (κ3) is 5.23. The van der Waals surface area contributed by atoms with Crippen molar-refractivity contribution in [3.8, 4) is 0 Å². The van der Waals surface area contributed by atoms with Crippen molar-refractivity contribution < 1.29 is 0 Å². The minimum atomic E-state index is 0.435. The van der Waals surface area contributed by atoms with Crippen LogP contribution in [0.15, 0.2) is 24.3 Å². The number of hydrogen-bond acceptors (Lipinski definition) is 2. The second kappa shape index (κ2) is 8.98. The maximum atomic E-state index is 3.56. The van der Waals surface area contributed by atoms with Gasteiger partial charge in [0.15, 0.2) is 0 Å². The molecule has 1 aromatic rings. The van der Waals surface area contributed by atoms with Crippen LogP contribution in [0.5, 0.6) is 0 Å². The van der Waals surface area contributed by atoms with E-state index < -0.39 is 0 Å². The van der Waals surface area contributed by atoms with Crippen LogP contribution in [0.2, 0.25) is 0 Å². The average Bonchev–Trinajstić information content (AvgIpc) is 2.44. The molecule has 0 amide bonds. The van der Waals surface area contributed by atoms with Gasteiger partial charge in [-0.25, -0.2) is 0 Å². The molecule has 0 heterocycles. The first kappa shape index (κ1) is 16.0. The lowest BCUT2D eigenvalue weighted by Gasteiger charge is -2.25. The quantitative estimate of drug-likeness (QED) is 0.710. The molecule has 0 saturated carbocycles. The second-order valence-electron chi connectivity index (χ2n) is 5.26. The van der Waals surface area contributed by atoms with Crippen molar-refractivity contribution in [1.82, 2.24) is 5.32 Å². The number of nitrogens with zero attached hydrogens (tertiary/aromatic N) is 1. The van der Waals surface area contributed by atoms with Crippen molar-refractivity contribution in [2.75, 3.05) is 24.5 Å². The van der Waals surface area contributed by atoms with Gasteiger partial charge in [-0.3, -0.25) is 0 Å². The van der Waals surface area contributed by atoms with Gasteiger partial charge in [0.2, 0.25) is 0 Å². The SMILES string of the molecule is CCCNC(C)c1cccc(N(CCC)CCC)c1. The Bertz CT molecular complexity index is 343. The van der Waals surface area contributed by atoms with E-state index in [4.69, 9.17) is 0 Å². The summed E-state index contributed by atoms with van der Waals surface area (Å²) in [5.74, 6) is 0. The smallest absolute Gasteiger partial charge is 0.0369 e. The molecule has 0 aromatic heterocycles. The molecule has 1 N–H and O–H groups in total. The zero-order chi connectivity index (χ0) is 14.1. The van der Waals surface area contributed by atoms with Gasteiger partial charge in [-0.05, 0) is 50.4 Å². The molecule has 0 bridgehead atoms. The predicted molar refractivity (Wildman–Crippen MR) is 85.9 cm³/mol. The number of rotatable bonds is 9. The predicted octanol–water partition coefficient (Wildman–Crippen LogP) is 4.37. The van der Waals surface area contributed by atoms with E-state index in [9.17, 15) is 0 Å². The molecule has 0 aliphatic rings. The molecule has 1 rings (SSSR count). The first-order chi connectivity index (χ1) is 9.22. The molecular weight excluding hydrogens is 232 g/mol.